The number of carbonyl (C=O) groups excluding carboxylic acids is 1. The first kappa shape index (κ1) is 13.8. The van der Waals surface area contributed by atoms with Crippen molar-refractivity contribution in [3.05, 3.63) is 41.1 Å². The van der Waals surface area contributed by atoms with Gasteiger partial charge >= 0.3 is 5.97 Å². The number of nitrogens with zero attached hydrogens (tertiary/aromatic N) is 1. The van der Waals surface area contributed by atoms with Gasteiger partial charge in [0.2, 0.25) is 11.7 Å². The molecule has 1 aromatic carbocycles. The van der Waals surface area contributed by atoms with Crippen LogP contribution in [0, 0.1) is 0 Å². The Morgan fingerprint density at radius 2 is 2.14 bits per heavy atom. The van der Waals surface area contributed by atoms with Crippen LogP contribution in [0.2, 0.25) is 0 Å². The van der Waals surface area contributed by atoms with Crippen LogP contribution in [0.25, 0.3) is 21.5 Å². The van der Waals surface area contributed by atoms with Gasteiger partial charge in [0, 0.05) is 22.6 Å². The number of oxazole rings is 1. The number of methoxy groups -OCH3 is 2. The second-order valence-corrected chi connectivity index (χ2v) is 5.28. The molecule has 3 aromatic rings. The molecule has 3 rings (SSSR count). The molecule has 0 aliphatic rings. The first-order valence-electron chi connectivity index (χ1n) is 6.28. The van der Waals surface area contributed by atoms with Gasteiger partial charge in [-0.3, -0.25) is 0 Å². The maximum absolute atomic E-state index is 11.7. The van der Waals surface area contributed by atoms with Crippen LogP contribution in [0.5, 0.6) is 0 Å². The Bertz CT molecular complexity index is 790. The zero-order chi connectivity index (χ0) is 14.8. The Hall–Kier alpha value is -2.18. The van der Waals surface area contributed by atoms with Crippen LogP contribution in [0.1, 0.15) is 16.2 Å². The van der Waals surface area contributed by atoms with Gasteiger partial charge in [0.05, 0.1) is 19.3 Å². The zero-order valence-corrected chi connectivity index (χ0v) is 12.4. The highest BCUT2D eigenvalue weighted by atomic mass is 32.1. The molecular formula is C15H13NO4S. The van der Waals surface area contributed by atoms with Gasteiger partial charge < -0.3 is 13.9 Å². The minimum atomic E-state index is -0.555. The van der Waals surface area contributed by atoms with Crippen molar-refractivity contribution in [2.45, 2.75) is 6.61 Å². The van der Waals surface area contributed by atoms with Gasteiger partial charge in [-0.2, -0.15) is 0 Å². The fourth-order valence-corrected chi connectivity index (χ4v) is 3.03. The van der Waals surface area contributed by atoms with Crippen molar-refractivity contribution in [3.63, 3.8) is 0 Å². The highest BCUT2D eigenvalue weighted by Gasteiger charge is 2.22. The quantitative estimate of drug-likeness (QED) is 0.690. The first-order valence-corrected chi connectivity index (χ1v) is 7.16. The lowest BCUT2D eigenvalue weighted by Crippen LogP contribution is -2.04. The van der Waals surface area contributed by atoms with E-state index in [9.17, 15) is 4.79 Å². The molecule has 21 heavy (non-hydrogen) atoms. The number of fused-ring (bicyclic) bond motifs is 1. The summed E-state index contributed by atoms with van der Waals surface area (Å²) in [7, 11) is 2.84. The average Bonchev–Trinajstić information content (AvgIpc) is 3.10. The number of carbonyl (C=O) groups is 1. The number of thiophene rings is 1. The topological polar surface area (TPSA) is 61.6 Å². The minimum Gasteiger partial charge on any atom is -0.463 e. The summed E-state index contributed by atoms with van der Waals surface area (Å²) in [5.41, 5.74) is 1.30. The van der Waals surface area contributed by atoms with Crippen LogP contribution in [-0.2, 0) is 16.1 Å². The van der Waals surface area contributed by atoms with E-state index in [1.54, 1.807) is 11.3 Å². The summed E-state index contributed by atoms with van der Waals surface area (Å²) in [5.74, 6) is -0.0649. The molecule has 0 atom stereocenters. The maximum atomic E-state index is 11.7. The third-order valence-electron chi connectivity index (χ3n) is 3.06. The molecule has 0 aliphatic heterocycles. The predicted molar refractivity (Wildman–Crippen MR) is 79.4 cm³/mol. The Balaban J connectivity index is 2.12. The summed E-state index contributed by atoms with van der Waals surface area (Å²) in [4.78, 5) is 16.1. The van der Waals surface area contributed by atoms with E-state index < -0.39 is 5.97 Å². The van der Waals surface area contributed by atoms with E-state index in [0.717, 1.165) is 15.6 Å². The van der Waals surface area contributed by atoms with Gasteiger partial charge in [-0.1, -0.05) is 18.2 Å². The van der Waals surface area contributed by atoms with Crippen LogP contribution < -0.4 is 0 Å². The van der Waals surface area contributed by atoms with Crippen LogP contribution in [0.15, 0.2) is 34.1 Å². The van der Waals surface area contributed by atoms with E-state index in [1.807, 2.05) is 29.6 Å². The van der Waals surface area contributed by atoms with Gasteiger partial charge in [-0.15, -0.1) is 11.3 Å². The van der Waals surface area contributed by atoms with Crippen molar-refractivity contribution in [3.8, 4) is 11.5 Å². The molecule has 0 saturated heterocycles. The zero-order valence-electron chi connectivity index (χ0n) is 11.6. The van der Waals surface area contributed by atoms with Crippen molar-refractivity contribution >= 4 is 27.4 Å². The third-order valence-corrected chi connectivity index (χ3v) is 4.02. The summed E-state index contributed by atoms with van der Waals surface area (Å²) in [5, 5.41) is 3.01. The summed E-state index contributed by atoms with van der Waals surface area (Å²) in [6, 6.07) is 7.97. The maximum Gasteiger partial charge on any atom is 0.376 e. The Labute approximate surface area is 125 Å². The molecule has 0 fully saturated rings. The van der Waals surface area contributed by atoms with E-state index in [-0.39, 0.29) is 12.4 Å². The molecule has 0 amide bonds. The molecule has 5 nitrogen and oxygen atoms in total. The molecule has 0 N–H and O–H groups in total. The molecule has 0 saturated carbocycles. The van der Waals surface area contributed by atoms with Crippen LogP contribution >= 0.6 is 11.3 Å². The molecular weight excluding hydrogens is 290 g/mol. The fraction of sp³-hybridized carbons (Fsp3) is 0.200. The van der Waals surface area contributed by atoms with Crippen molar-refractivity contribution in [2.24, 2.45) is 0 Å². The Morgan fingerprint density at radius 1 is 1.33 bits per heavy atom. The normalized spacial score (nSPS) is 11.0. The molecule has 0 bridgehead atoms. The SMILES string of the molecule is COCc1nc(-c2csc3ccccc23)oc1C(=O)OC. The first-order chi connectivity index (χ1) is 10.2. The summed E-state index contributed by atoms with van der Waals surface area (Å²) >= 11 is 1.60. The fourth-order valence-electron chi connectivity index (χ4n) is 2.10. The lowest BCUT2D eigenvalue weighted by atomic mass is 10.2. The van der Waals surface area contributed by atoms with E-state index in [2.05, 4.69) is 4.98 Å². The van der Waals surface area contributed by atoms with Gasteiger partial charge in [0.25, 0.3) is 0 Å². The highest BCUT2D eigenvalue weighted by molar-refractivity contribution is 7.17. The van der Waals surface area contributed by atoms with Gasteiger partial charge in [-0.25, -0.2) is 9.78 Å². The number of rotatable bonds is 4. The van der Waals surface area contributed by atoms with E-state index in [0.29, 0.717) is 11.6 Å². The van der Waals surface area contributed by atoms with Crippen molar-refractivity contribution in [1.29, 1.82) is 0 Å². The Morgan fingerprint density at radius 3 is 2.90 bits per heavy atom. The molecule has 2 aromatic heterocycles. The number of aromatic nitrogens is 1. The molecule has 0 radical (unpaired) electrons. The second-order valence-electron chi connectivity index (χ2n) is 4.36. The minimum absolute atomic E-state index is 0.0876. The molecule has 108 valence electrons. The third kappa shape index (κ3) is 2.43. The van der Waals surface area contributed by atoms with Gasteiger partial charge in [0.1, 0.15) is 5.69 Å². The van der Waals surface area contributed by atoms with Gasteiger partial charge in [0.15, 0.2) is 0 Å². The second kappa shape index (κ2) is 5.67. The van der Waals surface area contributed by atoms with E-state index in [1.165, 1.54) is 14.2 Å². The molecule has 0 aliphatic carbocycles. The van der Waals surface area contributed by atoms with Crippen LogP contribution in [0.3, 0.4) is 0 Å². The summed E-state index contributed by atoms with van der Waals surface area (Å²) in [6.45, 7) is 0.190. The summed E-state index contributed by atoms with van der Waals surface area (Å²) in [6.07, 6.45) is 0. The Kier molecular flexibility index (Phi) is 3.72. The highest BCUT2D eigenvalue weighted by Crippen LogP contribution is 2.34. The van der Waals surface area contributed by atoms with Crippen molar-refractivity contribution in [1.82, 2.24) is 4.98 Å². The number of esters is 1. The average molecular weight is 303 g/mol. The van der Waals surface area contributed by atoms with Crippen molar-refractivity contribution in [2.75, 3.05) is 14.2 Å². The standard InChI is InChI=1S/C15H13NO4S/c1-18-7-11-13(15(17)19-2)20-14(16-11)10-8-21-12-6-4-3-5-9(10)12/h3-6,8H,7H2,1-2H3. The molecule has 2 heterocycles. The number of hydrogen-bond acceptors (Lipinski definition) is 6. The van der Waals surface area contributed by atoms with E-state index in [4.69, 9.17) is 13.9 Å². The number of hydrogen-bond donors (Lipinski definition) is 0. The number of ether oxygens (including phenoxy) is 2. The lowest BCUT2D eigenvalue weighted by Gasteiger charge is -1.96. The number of benzene rings is 1. The largest absolute Gasteiger partial charge is 0.463 e. The molecule has 0 spiro atoms. The van der Waals surface area contributed by atoms with Crippen molar-refractivity contribution < 1.29 is 18.7 Å². The monoisotopic (exact) mass is 303 g/mol. The van der Waals surface area contributed by atoms with E-state index >= 15 is 0 Å². The van der Waals surface area contributed by atoms with Gasteiger partial charge in [-0.05, 0) is 6.07 Å². The summed E-state index contributed by atoms with van der Waals surface area (Å²) < 4.78 is 16.5. The van der Waals surface area contributed by atoms with Crippen LogP contribution in [0.4, 0.5) is 0 Å². The lowest BCUT2D eigenvalue weighted by molar-refractivity contribution is 0.0559. The molecule has 0 unspecified atom stereocenters. The smallest absolute Gasteiger partial charge is 0.376 e. The molecule has 6 heteroatoms. The van der Waals surface area contributed by atoms with Crippen LogP contribution in [-0.4, -0.2) is 25.2 Å². The predicted octanol–water partition coefficient (Wildman–Crippen LogP) is 3.49.